The first-order chi connectivity index (χ1) is 17.9. The average molecular weight is 529 g/mol. The molecule has 0 spiro atoms. The molecular formula is C24H28N6O6S. The van der Waals surface area contributed by atoms with Gasteiger partial charge in [0.05, 0.1) is 15.9 Å². The van der Waals surface area contributed by atoms with Crippen LogP contribution in [0.5, 0.6) is 0 Å². The summed E-state index contributed by atoms with van der Waals surface area (Å²) in [5.74, 6) is -0.748. The first kappa shape index (κ1) is 26.4. The van der Waals surface area contributed by atoms with Gasteiger partial charge in [-0.05, 0) is 17.7 Å². The largest absolute Gasteiger partial charge is 0.447 e. The fourth-order valence-electron chi connectivity index (χ4n) is 4.02. The van der Waals surface area contributed by atoms with Gasteiger partial charge in [-0.15, -0.1) is 11.8 Å². The zero-order chi connectivity index (χ0) is 26.2. The summed E-state index contributed by atoms with van der Waals surface area (Å²) in [6.45, 7) is 4.72. The number of non-ortho nitro benzene ring substituents is 1. The number of carbonyl (C=O) groups is 3. The minimum Gasteiger partial charge on any atom is -0.447 e. The summed E-state index contributed by atoms with van der Waals surface area (Å²) in [4.78, 5) is 52.0. The highest BCUT2D eigenvalue weighted by Gasteiger charge is 2.29. The topological polar surface area (TPSA) is 146 Å². The fraction of sp³-hybridized carbons (Fsp3) is 0.375. The van der Waals surface area contributed by atoms with Crippen molar-refractivity contribution < 1.29 is 24.0 Å². The molecule has 37 heavy (non-hydrogen) atoms. The van der Waals surface area contributed by atoms with E-state index in [-0.39, 0.29) is 24.6 Å². The van der Waals surface area contributed by atoms with Crippen molar-refractivity contribution in [1.82, 2.24) is 20.7 Å². The minimum atomic E-state index is -0.767. The van der Waals surface area contributed by atoms with E-state index in [1.807, 2.05) is 18.2 Å². The van der Waals surface area contributed by atoms with E-state index < -0.39 is 22.2 Å². The van der Waals surface area contributed by atoms with E-state index in [2.05, 4.69) is 26.0 Å². The third kappa shape index (κ3) is 7.65. The number of benzene rings is 2. The lowest BCUT2D eigenvalue weighted by atomic mass is 10.2. The van der Waals surface area contributed by atoms with Gasteiger partial charge in [0.2, 0.25) is 11.8 Å². The Balaban J connectivity index is 1.08. The maximum atomic E-state index is 12.2. The Morgan fingerprint density at radius 3 is 2.49 bits per heavy atom. The summed E-state index contributed by atoms with van der Waals surface area (Å²) in [5.41, 5.74) is 6.33. The lowest BCUT2D eigenvalue weighted by molar-refractivity contribution is -0.384. The number of hydrazine groups is 1. The summed E-state index contributed by atoms with van der Waals surface area (Å²) in [6.07, 6.45) is -0.855. The lowest BCUT2D eigenvalue weighted by Gasteiger charge is -2.34. The number of hydrogen-bond donors (Lipinski definition) is 3. The normalized spacial score (nSPS) is 17.8. The van der Waals surface area contributed by atoms with Gasteiger partial charge in [0.15, 0.2) is 0 Å². The molecule has 1 unspecified atom stereocenters. The third-order valence-electron chi connectivity index (χ3n) is 6.04. The Morgan fingerprint density at radius 1 is 1.05 bits per heavy atom. The van der Waals surface area contributed by atoms with E-state index in [9.17, 15) is 24.5 Å². The molecular weight excluding hydrogens is 500 g/mol. The average Bonchev–Trinajstić information content (AvgIpc) is 2.89. The molecule has 2 aliphatic heterocycles. The number of ether oxygens (including phenoxy) is 1. The van der Waals surface area contributed by atoms with Crippen molar-refractivity contribution in [3.63, 3.8) is 0 Å². The summed E-state index contributed by atoms with van der Waals surface area (Å²) in [6, 6.07) is 13.9. The van der Waals surface area contributed by atoms with E-state index in [1.54, 1.807) is 18.2 Å². The molecule has 2 aromatic carbocycles. The predicted molar refractivity (Wildman–Crippen MR) is 137 cm³/mol. The maximum Gasteiger partial charge on any atom is 0.426 e. The number of rotatable bonds is 8. The summed E-state index contributed by atoms with van der Waals surface area (Å²) in [7, 11) is 0. The zero-order valence-electron chi connectivity index (χ0n) is 20.1. The van der Waals surface area contributed by atoms with Gasteiger partial charge in [0.1, 0.15) is 6.61 Å². The second-order valence-corrected chi connectivity index (χ2v) is 9.89. The van der Waals surface area contributed by atoms with Crippen LogP contribution in [0.2, 0.25) is 0 Å². The number of nitro groups is 1. The SMILES string of the molecule is O=C(CC1Sc2ccccc2NC1=O)NNC(=O)OCCN1CCN(Cc2ccc([N+](=O)[O-])cc2)CC1. The number of fused-ring (bicyclic) bond motifs is 1. The van der Waals surface area contributed by atoms with Crippen molar-refractivity contribution in [3.8, 4) is 0 Å². The molecule has 4 rings (SSSR count). The van der Waals surface area contributed by atoms with Gasteiger partial charge in [0, 0.05) is 62.7 Å². The standard InChI is InChI=1S/C24H28N6O6S/c31-22(15-21-23(32)25-19-3-1-2-4-20(19)37-21)26-27-24(33)36-14-13-28-9-11-29(12-10-28)16-17-5-7-18(8-6-17)30(34)35/h1-8,21H,9-16H2,(H,25,32)(H,26,31)(H,27,33). The van der Waals surface area contributed by atoms with Crippen molar-refractivity contribution in [2.75, 3.05) is 44.6 Å². The van der Waals surface area contributed by atoms with Crippen molar-refractivity contribution in [1.29, 1.82) is 0 Å². The van der Waals surface area contributed by atoms with Gasteiger partial charge in [-0.3, -0.25) is 34.9 Å². The second-order valence-electron chi connectivity index (χ2n) is 8.65. The molecule has 0 aromatic heterocycles. The third-order valence-corrected chi connectivity index (χ3v) is 7.32. The Morgan fingerprint density at radius 2 is 1.76 bits per heavy atom. The molecule has 12 nitrogen and oxygen atoms in total. The molecule has 0 aliphatic carbocycles. The van der Waals surface area contributed by atoms with Crippen LogP contribution in [-0.4, -0.2) is 77.2 Å². The van der Waals surface area contributed by atoms with Crippen LogP contribution < -0.4 is 16.2 Å². The fourth-order valence-corrected chi connectivity index (χ4v) is 5.13. The van der Waals surface area contributed by atoms with Crippen LogP contribution in [-0.2, 0) is 20.9 Å². The smallest absolute Gasteiger partial charge is 0.426 e. The molecule has 0 bridgehead atoms. The van der Waals surface area contributed by atoms with Gasteiger partial charge >= 0.3 is 6.09 Å². The zero-order valence-corrected chi connectivity index (χ0v) is 20.9. The Bertz CT molecular complexity index is 1140. The lowest BCUT2D eigenvalue weighted by Crippen LogP contribution is -2.47. The number of carbonyl (C=O) groups excluding carboxylic acids is 3. The molecule has 1 fully saturated rings. The molecule has 2 aromatic rings. The molecule has 2 aliphatic rings. The van der Waals surface area contributed by atoms with Crippen molar-refractivity contribution in [2.45, 2.75) is 23.1 Å². The van der Waals surface area contributed by atoms with Crippen molar-refractivity contribution >= 4 is 41.0 Å². The van der Waals surface area contributed by atoms with Crippen LogP contribution in [0.4, 0.5) is 16.2 Å². The first-order valence-corrected chi connectivity index (χ1v) is 12.7. The van der Waals surface area contributed by atoms with E-state index in [4.69, 9.17) is 4.74 Å². The van der Waals surface area contributed by atoms with Crippen LogP contribution in [0.15, 0.2) is 53.4 Å². The molecule has 2 heterocycles. The number of hydrogen-bond acceptors (Lipinski definition) is 9. The van der Waals surface area contributed by atoms with Gasteiger partial charge in [0.25, 0.3) is 5.69 Å². The highest BCUT2D eigenvalue weighted by molar-refractivity contribution is 8.01. The molecule has 0 saturated carbocycles. The molecule has 3 N–H and O–H groups in total. The predicted octanol–water partition coefficient (Wildman–Crippen LogP) is 1.97. The van der Waals surface area contributed by atoms with Crippen LogP contribution >= 0.6 is 11.8 Å². The highest BCUT2D eigenvalue weighted by Crippen LogP contribution is 2.36. The Kier molecular flexibility index (Phi) is 8.93. The van der Waals surface area contributed by atoms with Gasteiger partial charge < -0.3 is 10.1 Å². The Hall–Kier alpha value is -3.68. The minimum absolute atomic E-state index is 0.0824. The molecule has 1 saturated heterocycles. The van der Waals surface area contributed by atoms with Gasteiger partial charge in [-0.1, -0.05) is 24.3 Å². The van der Waals surface area contributed by atoms with E-state index in [0.29, 0.717) is 6.54 Å². The number of nitrogens with zero attached hydrogens (tertiary/aromatic N) is 3. The number of anilines is 1. The summed E-state index contributed by atoms with van der Waals surface area (Å²) in [5, 5.41) is 13.0. The van der Waals surface area contributed by atoms with Crippen LogP contribution in [0.1, 0.15) is 12.0 Å². The number of piperazine rings is 1. The number of nitro benzene ring substituents is 1. The molecule has 0 radical (unpaired) electrons. The number of amides is 3. The molecule has 3 amide bonds. The van der Waals surface area contributed by atoms with Gasteiger partial charge in [-0.2, -0.15) is 0 Å². The number of para-hydroxylation sites is 1. The number of thioether (sulfide) groups is 1. The van der Waals surface area contributed by atoms with E-state index in [0.717, 1.165) is 48.9 Å². The van der Waals surface area contributed by atoms with Crippen molar-refractivity contribution in [2.24, 2.45) is 0 Å². The molecule has 196 valence electrons. The maximum absolute atomic E-state index is 12.2. The summed E-state index contributed by atoms with van der Waals surface area (Å²) < 4.78 is 5.15. The first-order valence-electron chi connectivity index (χ1n) is 11.8. The van der Waals surface area contributed by atoms with Crippen LogP contribution in [0.3, 0.4) is 0 Å². The van der Waals surface area contributed by atoms with E-state index in [1.165, 1.54) is 23.9 Å². The molecule has 13 heteroatoms. The van der Waals surface area contributed by atoms with Crippen LogP contribution in [0, 0.1) is 10.1 Å². The molecule has 1 atom stereocenters. The quantitative estimate of drug-likeness (QED) is 0.346. The van der Waals surface area contributed by atoms with E-state index >= 15 is 0 Å². The highest BCUT2D eigenvalue weighted by atomic mass is 32.2. The second kappa shape index (κ2) is 12.5. The van der Waals surface area contributed by atoms with Crippen LogP contribution in [0.25, 0.3) is 0 Å². The van der Waals surface area contributed by atoms with Crippen molar-refractivity contribution in [3.05, 3.63) is 64.2 Å². The number of nitrogens with one attached hydrogen (secondary N) is 3. The monoisotopic (exact) mass is 528 g/mol. The Labute approximate surface area is 217 Å². The van der Waals surface area contributed by atoms with Gasteiger partial charge in [-0.25, -0.2) is 10.2 Å². The summed E-state index contributed by atoms with van der Waals surface area (Å²) >= 11 is 1.31.